The Morgan fingerprint density at radius 3 is 2.88 bits per heavy atom. The summed E-state index contributed by atoms with van der Waals surface area (Å²) in [6, 6.07) is 5.60. The Labute approximate surface area is 201 Å². The number of hydrogen-bond acceptors (Lipinski definition) is 6. The van der Waals surface area contributed by atoms with E-state index < -0.39 is 0 Å². The van der Waals surface area contributed by atoms with E-state index in [1.54, 1.807) is 11.8 Å². The number of nitrogens with zero attached hydrogens (tertiary/aromatic N) is 2. The van der Waals surface area contributed by atoms with Gasteiger partial charge in [0.1, 0.15) is 4.83 Å². The number of anilines is 2. The minimum absolute atomic E-state index is 0.0216. The van der Waals surface area contributed by atoms with Crippen molar-refractivity contribution >= 4 is 56.5 Å². The summed E-state index contributed by atoms with van der Waals surface area (Å²) in [7, 11) is 0. The summed E-state index contributed by atoms with van der Waals surface area (Å²) in [5.41, 5.74) is 3.61. The maximum absolute atomic E-state index is 12.8. The first-order chi connectivity index (χ1) is 15.8. The second-order valence-corrected chi connectivity index (χ2v) is 10.7. The van der Waals surface area contributed by atoms with Gasteiger partial charge in [0.2, 0.25) is 11.8 Å². The third-order valence-electron chi connectivity index (χ3n) is 6.07. The number of H-pyrrole nitrogens is 1. The highest BCUT2D eigenvalue weighted by Crippen LogP contribution is 2.32. The van der Waals surface area contributed by atoms with E-state index in [0.717, 1.165) is 45.8 Å². The van der Waals surface area contributed by atoms with Gasteiger partial charge >= 0.3 is 0 Å². The number of hydrogen-bond donors (Lipinski definition) is 2. The van der Waals surface area contributed by atoms with Gasteiger partial charge in [0, 0.05) is 29.7 Å². The zero-order chi connectivity index (χ0) is 23.7. The van der Waals surface area contributed by atoms with E-state index >= 15 is 0 Å². The Balaban J connectivity index is 1.43. The molecule has 0 saturated heterocycles. The van der Waals surface area contributed by atoms with E-state index in [2.05, 4.69) is 29.1 Å². The molecule has 0 radical (unpaired) electrons. The van der Waals surface area contributed by atoms with E-state index in [9.17, 15) is 14.4 Å². The molecule has 1 atom stereocenters. The van der Waals surface area contributed by atoms with Crippen LogP contribution in [0.2, 0.25) is 0 Å². The molecule has 7 nitrogen and oxygen atoms in total. The summed E-state index contributed by atoms with van der Waals surface area (Å²) in [5, 5.41) is 4.03. The maximum Gasteiger partial charge on any atom is 0.260 e. The molecule has 2 N–H and O–H groups in total. The molecular weight excluding hydrogens is 456 g/mol. The molecule has 0 bridgehead atoms. The highest BCUT2D eigenvalue weighted by molar-refractivity contribution is 7.99. The number of benzene rings is 1. The molecule has 174 valence electrons. The Bertz CT molecular complexity index is 1280. The number of thioether (sulfide) groups is 1. The average Bonchev–Trinajstić information content (AvgIpc) is 3.33. The lowest BCUT2D eigenvalue weighted by Gasteiger charge is -2.15. The van der Waals surface area contributed by atoms with Gasteiger partial charge in [0.15, 0.2) is 5.16 Å². The van der Waals surface area contributed by atoms with Gasteiger partial charge in [0.25, 0.3) is 5.56 Å². The number of amides is 2. The van der Waals surface area contributed by atoms with Crippen molar-refractivity contribution in [1.82, 2.24) is 9.97 Å². The fourth-order valence-corrected chi connectivity index (χ4v) is 5.87. The van der Waals surface area contributed by atoms with Crippen LogP contribution in [0.5, 0.6) is 0 Å². The van der Waals surface area contributed by atoms with Crippen molar-refractivity contribution in [3.63, 3.8) is 0 Å². The number of aromatic nitrogens is 2. The zero-order valence-corrected chi connectivity index (χ0v) is 20.9. The molecule has 2 amide bonds. The number of rotatable bonds is 7. The van der Waals surface area contributed by atoms with Gasteiger partial charge in [0.05, 0.1) is 11.1 Å². The minimum atomic E-state index is -0.177. The Morgan fingerprint density at radius 1 is 1.36 bits per heavy atom. The van der Waals surface area contributed by atoms with Crippen LogP contribution in [0.4, 0.5) is 11.4 Å². The summed E-state index contributed by atoms with van der Waals surface area (Å²) in [5.74, 6) is 0.482. The highest BCUT2D eigenvalue weighted by Gasteiger charge is 2.22. The summed E-state index contributed by atoms with van der Waals surface area (Å²) in [6.07, 6.45) is 2.70. The quantitative estimate of drug-likeness (QED) is 0.380. The fourth-order valence-electron chi connectivity index (χ4n) is 4.10. The number of aromatic amines is 1. The molecule has 33 heavy (non-hydrogen) atoms. The summed E-state index contributed by atoms with van der Waals surface area (Å²) in [4.78, 5) is 48.1. The molecule has 1 aliphatic rings. The smallest absolute Gasteiger partial charge is 0.260 e. The third kappa shape index (κ3) is 4.99. The number of fused-ring (bicyclic) bond motifs is 2. The Hall–Kier alpha value is -2.65. The lowest BCUT2D eigenvalue weighted by molar-refractivity contribution is -0.116. The molecule has 4 rings (SSSR count). The van der Waals surface area contributed by atoms with Crippen molar-refractivity contribution in [1.29, 1.82) is 0 Å². The Morgan fingerprint density at radius 2 is 2.15 bits per heavy atom. The SMILES string of the molecule is CCC(C)Cc1c(C)sc2nc(SCC(=O)Nc3ccc4c(c3)CCN4C(C)=O)[nH]c(=O)c12. The maximum atomic E-state index is 12.8. The topological polar surface area (TPSA) is 95.2 Å². The van der Waals surface area contributed by atoms with E-state index in [1.165, 1.54) is 23.1 Å². The standard InChI is InChI=1S/C24H28N4O3S2/c1-5-13(2)10-18-14(3)33-23-21(18)22(31)26-24(27-23)32-12-20(30)25-17-6-7-19-16(11-17)8-9-28(19)15(4)29/h6-7,11,13H,5,8-10,12H2,1-4H3,(H,25,30)(H,26,27,31). The van der Waals surface area contributed by atoms with Crippen LogP contribution < -0.4 is 15.8 Å². The molecule has 0 saturated carbocycles. The largest absolute Gasteiger partial charge is 0.325 e. The van der Waals surface area contributed by atoms with Crippen LogP contribution >= 0.6 is 23.1 Å². The number of aryl methyl sites for hydroxylation is 1. The number of thiophene rings is 1. The van der Waals surface area contributed by atoms with Crippen molar-refractivity contribution < 1.29 is 9.59 Å². The first-order valence-corrected chi connectivity index (χ1v) is 12.9. The molecule has 0 aliphatic carbocycles. The van der Waals surface area contributed by atoms with E-state index in [-0.39, 0.29) is 23.1 Å². The van der Waals surface area contributed by atoms with Crippen LogP contribution in [0.15, 0.2) is 28.2 Å². The molecule has 9 heteroatoms. The predicted molar refractivity (Wildman–Crippen MR) is 136 cm³/mol. The normalized spacial score (nSPS) is 13.9. The monoisotopic (exact) mass is 484 g/mol. The van der Waals surface area contributed by atoms with Crippen LogP contribution in [0.3, 0.4) is 0 Å². The number of carbonyl (C=O) groups is 2. The molecule has 1 aliphatic heterocycles. The Kier molecular flexibility index (Phi) is 6.90. The van der Waals surface area contributed by atoms with Gasteiger partial charge in [-0.2, -0.15) is 0 Å². The first-order valence-electron chi connectivity index (χ1n) is 11.1. The van der Waals surface area contributed by atoms with Crippen LogP contribution in [0.1, 0.15) is 43.2 Å². The molecule has 2 aromatic heterocycles. The number of carbonyl (C=O) groups excluding carboxylic acids is 2. The molecule has 3 aromatic rings. The van der Waals surface area contributed by atoms with Crippen LogP contribution in [-0.4, -0.2) is 34.1 Å². The predicted octanol–water partition coefficient (Wildman–Crippen LogP) is 4.52. The average molecular weight is 485 g/mol. The summed E-state index contributed by atoms with van der Waals surface area (Å²) < 4.78 is 0. The van der Waals surface area contributed by atoms with E-state index in [4.69, 9.17) is 0 Å². The second-order valence-electron chi connectivity index (χ2n) is 8.51. The molecule has 1 unspecified atom stereocenters. The van der Waals surface area contributed by atoms with E-state index in [1.807, 2.05) is 25.1 Å². The zero-order valence-electron chi connectivity index (χ0n) is 19.3. The van der Waals surface area contributed by atoms with Crippen molar-refractivity contribution in [2.45, 2.75) is 52.1 Å². The summed E-state index contributed by atoms with van der Waals surface area (Å²) in [6.45, 7) is 8.60. The molecule has 0 spiro atoms. The summed E-state index contributed by atoms with van der Waals surface area (Å²) >= 11 is 2.75. The van der Waals surface area contributed by atoms with Gasteiger partial charge in [-0.05, 0) is 55.0 Å². The van der Waals surface area contributed by atoms with E-state index in [0.29, 0.717) is 28.7 Å². The van der Waals surface area contributed by atoms with Crippen molar-refractivity contribution in [3.05, 3.63) is 44.6 Å². The van der Waals surface area contributed by atoms with Crippen molar-refractivity contribution in [3.8, 4) is 0 Å². The molecule has 1 aromatic carbocycles. The minimum Gasteiger partial charge on any atom is -0.325 e. The molecule has 0 fully saturated rings. The molecular formula is C24H28N4O3S2. The van der Waals surface area contributed by atoms with Crippen LogP contribution in [-0.2, 0) is 22.4 Å². The highest BCUT2D eigenvalue weighted by atomic mass is 32.2. The molecule has 3 heterocycles. The first kappa shape index (κ1) is 23.5. The van der Waals surface area contributed by atoms with Gasteiger partial charge in [-0.1, -0.05) is 32.0 Å². The van der Waals surface area contributed by atoms with Gasteiger partial charge < -0.3 is 15.2 Å². The van der Waals surface area contributed by atoms with Crippen molar-refractivity contribution in [2.75, 3.05) is 22.5 Å². The van der Waals surface area contributed by atoms with Crippen molar-refractivity contribution in [2.24, 2.45) is 5.92 Å². The lowest BCUT2D eigenvalue weighted by atomic mass is 9.98. The van der Waals surface area contributed by atoms with Crippen LogP contribution in [0.25, 0.3) is 10.2 Å². The second kappa shape index (κ2) is 9.69. The fraction of sp³-hybridized carbons (Fsp3) is 0.417. The van der Waals surface area contributed by atoms with Gasteiger partial charge in [-0.15, -0.1) is 11.3 Å². The van der Waals surface area contributed by atoms with Gasteiger partial charge in [-0.25, -0.2) is 4.98 Å². The number of nitrogens with one attached hydrogen (secondary N) is 2. The third-order valence-corrected chi connectivity index (χ3v) is 7.98. The van der Waals surface area contributed by atoms with Gasteiger partial charge in [-0.3, -0.25) is 14.4 Å². The lowest BCUT2D eigenvalue weighted by Crippen LogP contribution is -2.25. The van der Waals surface area contributed by atoms with Crippen LogP contribution in [0, 0.1) is 12.8 Å².